The number of amides is 2. The van der Waals surface area contributed by atoms with Crippen LogP contribution in [-0.2, 0) is 24.2 Å². The number of carbonyl (C=O) groups is 2. The summed E-state index contributed by atoms with van der Waals surface area (Å²) in [5, 5.41) is 19.9. The van der Waals surface area contributed by atoms with Gasteiger partial charge in [-0.1, -0.05) is 5.21 Å². The summed E-state index contributed by atoms with van der Waals surface area (Å²) in [6.07, 6.45) is 0.0693. The number of alkyl halides is 3. The molecule has 0 unspecified atom stereocenters. The van der Waals surface area contributed by atoms with Crippen molar-refractivity contribution >= 4 is 23.0 Å². The Morgan fingerprint density at radius 1 is 1.04 bits per heavy atom. The topological polar surface area (TPSA) is 140 Å². The molecule has 2 N–H and O–H groups in total. The number of nitrogens with one attached hydrogen (secondary N) is 2. The fraction of sp³-hybridized carbons (Fsp3) is 0.484. The lowest BCUT2D eigenvalue weighted by Gasteiger charge is -2.33. The van der Waals surface area contributed by atoms with Crippen LogP contribution in [0.3, 0.4) is 0 Å². The second-order valence-corrected chi connectivity index (χ2v) is 12.4. The zero-order valence-electron chi connectivity index (χ0n) is 26.2. The van der Waals surface area contributed by atoms with Crippen LogP contribution in [0.5, 0.6) is 5.75 Å². The van der Waals surface area contributed by atoms with E-state index in [9.17, 15) is 27.2 Å². The van der Waals surface area contributed by atoms with Crippen LogP contribution in [-0.4, -0.2) is 72.1 Å². The molecule has 12 nitrogen and oxygen atoms in total. The minimum absolute atomic E-state index is 0.0109. The van der Waals surface area contributed by atoms with E-state index in [-0.39, 0.29) is 29.8 Å². The molecule has 1 saturated heterocycles. The number of unbranched alkanes of at least 4 members (excludes halogenated alkanes) is 1. The van der Waals surface area contributed by atoms with Crippen LogP contribution in [0.15, 0.2) is 36.5 Å². The van der Waals surface area contributed by atoms with Gasteiger partial charge >= 0.3 is 12.5 Å². The van der Waals surface area contributed by atoms with Gasteiger partial charge in [-0.15, -0.1) is 23.4 Å². The van der Waals surface area contributed by atoms with Gasteiger partial charge in [0.05, 0.1) is 11.9 Å². The number of rotatable bonds is 10. The number of aryl methyl sites for hydroxylation is 2. The highest BCUT2D eigenvalue weighted by Gasteiger charge is 2.31. The molecule has 47 heavy (non-hydrogen) atoms. The van der Waals surface area contributed by atoms with Gasteiger partial charge < -0.3 is 24.7 Å². The first-order valence-corrected chi connectivity index (χ1v) is 15.3. The number of aromatic amines is 1. The van der Waals surface area contributed by atoms with Crippen molar-refractivity contribution in [2.75, 3.05) is 13.1 Å². The normalized spacial score (nSPS) is 14.4. The summed E-state index contributed by atoms with van der Waals surface area (Å²) in [4.78, 5) is 30.0. The third kappa shape index (κ3) is 9.39. The lowest BCUT2D eigenvalue weighted by atomic mass is 9.94. The molecule has 0 saturated carbocycles. The quantitative estimate of drug-likeness (QED) is 0.164. The van der Waals surface area contributed by atoms with Crippen molar-refractivity contribution in [3.8, 4) is 5.75 Å². The number of hydrogen-bond acceptors (Lipinski definition) is 8. The van der Waals surface area contributed by atoms with Gasteiger partial charge in [0, 0.05) is 48.7 Å². The highest BCUT2D eigenvalue weighted by Crippen LogP contribution is 2.30. The van der Waals surface area contributed by atoms with E-state index >= 15 is 0 Å². The number of H-pyrrole nitrogens is 1. The first-order valence-electron chi connectivity index (χ1n) is 15.3. The number of ether oxygens (including phenoxy) is 2. The SMILES string of the molecule is CC(C)(C)OC(=O)N1CCC(c2cc3cc(CCCCn4cc(C(=O)NCc5cc(OC(F)(F)F)ccc5F)nn4)nnc3[nH]2)CC1. The maximum absolute atomic E-state index is 14.0. The third-order valence-electron chi connectivity index (χ3n) is 7.57. The van der Waals surface area contributed by atoms with E-state index in [4.69, 9.17) is 4.74 Å². The number of fused-ring (bicyclic) bond motifs is 1. The largest absolute Gasteiger partial charge is 0.573 e. The number of benzene rings is 1. The molecule has 1 fully saturated rings. The van der Waals surface area contributed by atoms with E-state index in [0.29, 0.717) is 26.1 Å². The maximum atomic E-state index is 14.0. The molecule has 0 radical (unpaired) electrons. The standard InChI is InChI=1S/C31H36F4N8O4/c1-30(2,3)47-29(45)42-12-9-19(10-13-42)25-16-20-14-22(38-40-27(20)37-25)6-4-5-11-43-18-26(39-41-43)28(44)36-17-21-15-23(7-8-24(21)32)46-31(33,34)35/h7-8,14-16,18-19H,4-6,9-13,17H2,1-3H3,(H,36,44)(H,37,40). The predicted molar refractivity (Wildman–Crippen MR) is 161 cm³/mol. The van der Waals surface area contributed by atoms with Gasteiger partial charge in [0.1, 0.15) is 17.2 Å². The summed E-state index contributed by atoms with van der Waals surface area (Å²) >= 11 is 0. The first-order chi connectivity index (χ1) is 22.2. The lowest BCUT2D eigenvalue weighted by molar-refractivity contribution is -0.274. The molecule has 252 valence electrons. The van der Waals surface area contributed by atoms with E-state index in [1.807, 2.05) is 26.8 Å². The Morgan fingerprint density at radius 2 is 1.81 bits per heavy atom. The summed E-state index contributed by atoms with van der Waals surface area (Å²) in [6, 6.07) is 6.67. The van der Waals surface area contributed by atoms with Gasteiger partial charge in [0.2, 0.25) is 0 Å². The van der Waals surface area contributed by atoms with Gasteiger partial charge in [-0.25, -0.2) is 9.18 Å². The second-order valence-electron chi connectivity index (χ2n) is 12.4. The second kappa shape index (κ2) is 13.9. The molecule has 1 aromatic carbocycles. The van der Waals surface area contributed by atoms with Crippen molar-refractivity contribution in [1.82, 2.24) is 40.4 Å². The average molecular weight is 661 g/mol. The summed E-state index contributed by atoms with van der Waals surface area (Å²) < 4.78 is 62.2. The van der Waals surface area contributed by atoms with Crippen molar-refractivity contribution in [3.05, 3.63) is 65.0 Å². The van der Waals surface area contributed by atoms with Crippen LogP contribution in [0.2, 0.25) is 0 Å². The van der Waals surface area contributed by atoms with Crippen molar-refractivity contribution < 1.29 is 36.6 Å². The smallest absolute Gasteiger partial charge is 0.444 e. The summed E-state index contributed by atoms with van der Waals surface area (Å²) in [6.45, 7) is 6.95. The number of nitrogens with zero attached hydrogens (tertiary/aromatic N) is 6. The molecule has 5 rings (SSSR count). The van der Waals surface area contributed by atoms with Gasteiger partial charge in [0.25, 0.3) is 5.91 Å². The Bertz CT molecular complexity index is 1710. The molecule has 1 aliphatic rings. The molecule has 2 amide bonds. The van der Waals surface area contributed by atoms with Crippen LogP contribution in [0.4, 0.5) is 22.4 Å². The Kier molecular flexibility index (Phi) is 9.96. The molecule has 0 atom stereocenters. The summed E-state index contributed by atoms with van der Waals surface area (Å²) in [5.41, 5.74) is 1.93. The number of halogens is 4. The molecule has 3 aromatic heterocycles. The minimum Gasteiger partial charge on any atom is -0.444 e. The third-order valence-corrected chi connectivity index (χ3v) is 7.57. The fourth-order valence-corrected chi connectivity index (χ4v) is 5.28. The van der Waals surface area contributed by atoms with Crippen molar-refractivity contribution in [1.29, 1.82) is 0 Å². The number of aromatic nitrogens is 6. The Morgan fingerprint density at radius 3 is 2.53 bits per heavy atom. The predicted octanol–water partition coefficient (Wildman–Crippen LogP) is 5.65. The zero-order valence-corrected chi connectivity index (χ0v) is 26.2. The summed E-state index contributed by atoms with van der Waals surface area (Å²) in [5.74, 6) is -1.75. The van der Waals surface area contributed by atoms with Crippen LogP contribution in [0.1, 0.15) is 79.8 Å². The first kappa shape index (κ1) is 33.6. The van der Waals surface area contributed by atoms with Gasteiger partial charge in [-0.3, -0.25) is 9.48 Å². The number of piperidine rings is 1. The highest BCUT2D eigenvalue weighted by molar-refractivity contribution is 5.91. The molecule has 0 bridgehead atoms. The number of likely N-dealkylation sites (tertiary alicyclic amines) is 1. The van der Waals surface area contributed by atoms with Crippen molar-refractivity contribution in [3.63, 3.8) is 0 Å². The number of carbonyl (C=O) groups excluding carboxylic acids is 2. The molecule has 4 heterocycles. The Labute approximate surface area is 267 Å². The summed E-state index contributed by atoms with van der Waals surface area (Å²) in [7, 11) is 0. The molecule has 1 aliphatic heterocycles. The van der Waals surface area contributed by atoms with Gasteiger partial charge in [0.15, 0.2) is 11.3 Å². The van der Waals surface area contributed by atoms with Crippen LogP contribution < -0.4 is 10.1 Å². The van der Waals surface area contributed by atoms with E-state index in [1.165, 1.54) is 10.9 Å². The maximum Gasteiger partial charge on any atom is 0.573 e. The van der Waals surface area contributed by atoms with Crippen LogP contribution >= 0.6 is 0 Å². The molecular weight excluding hydrogens is 624 g/mol. The lowest BCUT2D eigenvalue weighted by Crippen LogP contribution is -2.41. The van der Waals surface area contributed by atoms with Crippen molar-refractivity contribution in [2.24, 2.45) is 0 Å². The van der Waals surface area contributed by atoms with Gasteiger partial charge in [-0.05, 0) is 83.2 Å². The van der Waals surface area contributed by atoms with Crippen molar-refractivity contribution in [2.45, 2.75) is 83.8 Å². The van der Waals surface area contributed by atoms with Crippen LogP contribution in [0, 0.1) is 5.82 Å². The van der Waals surface area contributed by atoms with E-state index < -0.39 is 29.4 Å². The zero-order chi connectivity index (χ0) is 33.8. The minimum atomic E-state index is -4.92. The van der Waals surface area contributed by atoms with E-state index in [1.54, 1.807) is 4.90 Å². The molecule has 4 aromatic rings. The van der Waals surface area contributed by atoms with E-state index in [0.717, 1.165) is 66.3 Å². The Balaban J connectivity index is 1.06. The Hall–Kier alpha value is -4.76. The molecule has 0 spiro atoms. The molecule has 16 heteroatoms. The average Bonchev–Trinajstić information content (AvgIpc) is 3.65. The number of hydrogen-bond donors (Lipinski definition) is 2. The van der Waals surface area contributed by atoms with Crippen LogP contribution in [0.25, 0.3) is 11.0 Å². The monoisotopic (exact) mass is 660 g/mol. The fourth-order valence-electron chi connectivity index (χ4n) is 5.28. The highest BCUT2D eigenvalue weighted by atomic mass is 19.4. The molecular formula is C31H36F4N8O4. The van der Waals surface area contributed by atoms with E-state index in [2.05, 4.69) is 41.6 Å². The van der Waals surface area contributed by atoms with Gasteiger partial charge in [-0.2, -0.15) is 5.10 Å². The molecule has 0 aliphatic carbocycles.